The van der Waals surface area contributed by atoms with Gasteiger partial charge in [0, 0.05) is 23.4 Å². The van der Waals surface area contributed by atoms with Crippen LogP contribution >= 0.6 is 0 Å². The maximum Gasteiger partial charge on any atom is 0.339 e. The third-order valence-electron chi connectivity index (χ3n) is 7.79. The Hall–Kier alpha value is -4.52. The lowest BCUT2D eigenvalue weighted by Gasteiger charge is -2.49. The molecule has 3 aromatic carbocycles. The summed E-state index contributed by atoms with van der Waals surface area (Å²) in [5.41, 5.74) is 1.11. The number of aryl methyl sites for hydroxylation is 1. The zero-order chi connectivity index (χ0) is 26.8. The van der Waals surface area contributed by atoms with Gasteiger partial charge in [0.25, 0.3) is 0 Å². The van der Waals surface area contributed by atoms with Crippen molar-refractivity contribution in [3.8, 4) is 0 Å². The average Bonchev–Trinajstić information content (AvgIpc) is 3.18. The van der Waals surface area contributed by atoms with Crippen molar-refractivity contribution >= 4 is 40.0 Å². The Morgan fingerprint density at radius 3 is 2.24 bits per heavy atom. The highest BCUT2D eigenvalue weighted by molar-refractivity contribution is 6.29. The maximum atomic E-state index is 14.8. The van der Waals surface area contributed by atoms with E-state index in [1.807, 2.05) is 55.5 Å². The summed E-state index contributed by atoms with van der Waals surface area (Å²) in [5, 5.41) is 1.53. The Morgan fingerprint density at radius 1 is 0.868 bits per heavy atom. The molecule has 0 amide bonds. The fraction of sp³-hybridized carbons (Fsp3) is 0.226. The number of benzene rings is 3. The number of carbonyl (C=O) groups is 4. The van der Waals surface area contributed by atoms with Crippen LogP contribution in [0.1, 0.15) is 40.7 Å². The molecule has 7 heteroatoms. The zero-order valence-electron chi connectivity index (χ0n) is 21.3. The number of carbonyl (C=O) groups excluding carboxylic acids is 4. The molecule has 0 saturated carbocycles. The Morgan fingerprint density at radius 2 is 1.55 bits per heavy atom. The molecular formula is C31H25NO6. The van der Waals surface area contributed by atoms with Gasteiger partial charge in [-0.05, 0) is 48.2 Å². The van der Waals surface area contributed by atoms with Crippen molar-refractivity contribution in [3.05, 3.63) is 99.8 Å². The number of methoxy groups -OCH3 is 2. The highest BCUT2D eigenvalue weighted by atomic mass is 16.5. The van der Waals surface area contributed by atoms with Gasteiger partial charge in [0.15, 0.2) is 17.1 Å². The van der Waals surface area contributed by atoms with Crippen LogP contribution in [0.3, 0.4) is 0 Å². The van der Waals surface area contributed by atoms with E-state index in [-0.39, 0.29) is 34.7 Å². The standard InChI is InChI=1S/C31H25NO6/c1-17-13-15-19(16-14-17)32-22-11-6-12-23(33)25(22)26(29(35)37-2)27(30(36)38-3)31(32)21-10-5-8-18-7-4-9-20(24(18)21)28(31)34/h4-5,7-10,13-16H,6,11-12H2,1-3H3. The van der Waals surface area contributed by atoms with Gasteiger partial charge in [-0.25, -0.2) is 9.59 Å². The van der Waals surface area contributed by atoms with Crippen molar-refractivity contribution in [3.63, 3.8) is 0 Å². The topological polar surface area (TPSA) is 90.0 Å². The molecule has 7 nitrogen and oxygen atoms in total. The summed E-state index contributed by atoms with van der Waals surface area (Å²) in [6.45, 7) is 1.96. The number of hydrogen-bond donors (Lipinski definition) is 0. The molecule has 0 N–H and O–H groups in total. The lowest BCUT2D eigenvalue weighted by atomic mass is 9.70. The zero-order valence-corrected chi connectivity index (χ0v) is 21.3. The number of nitrogens with zero attached hydrogens (tertiary/aromatic N) is 1. The molecule has 0 radical (unpaired) electrons. The van der Waals surface area contributed by atoms with Crippen LogP contribution in [0.25, 0.3) is 10.8 Å². The lowest BCUT2D eigenvalue weighted by Crippen LogP contribution is -2.57. The first kappa shape index (κ1) is 23.9. The van der Waals surface area contributed by atoms with Crippen LogP contribution in [0.2, 0.25) is 0 Å². The fourth-order valence-electron chi connectivity index (χ4n) is 6.28. The van der Waals surface area contributed by atoms with Gasteiger partial charge in [0.05, 0.1) is 30.9 Å². The van der Waals surface area contributed by atoms with E-state index in [0.717, 1.165) is 10.9 Å². The predicted molar refractivity (Wildman–Crippen MR) is 141 cm³/mol. The molecule has 6 rings (SSSR count). The minimum Gasteiger partial charge on any atom is -0.466 e. The van der Waals surface area contributed by atoms with Gasteiger partial charge < -0.3 is 14.4 Å². The smallest absolute Gasteiger partial charge is 0.339 e. The molecule has 3 aliphatic rings. The van der Waals surface area contributed by atoms with Crippen molar-refractivity contribution in [2.24, 2.45) is 0 Å². The van der Waals surface area contributed by atoms with E-state index >= 15 is 0 Å². The molecular weight excluding hydrogens is 482 g/mol. The number of allylic oxidation sites excluding steroid dienone is 1. The SMILES string of the molecule is COC(=O)C1=C(C(=O)OC)C2(C(=O)c3cccc4cccc2c34)N(c2ccc(C)cc2)C2=C1C(=O)CCC2. The van der Waals surface area contributed by atoms with Gasteiger partial charge in [-0.15, -0.1) is 0 Å². The highest BCUT2D eigenvalue weighted by Crippen LogP contribution is 2.57. The number of fused-ring (bicyclic) bond motifs is 1. The van der Waals surface area contributed by atoms with Crippen LogP contribution in [0, 0.1) is 6.92 Å². The second-order valence-electron chi connectivity index (χ2n) is 9.75. The van der Waals surface area contributed by atoms with Crippen molar-refractivity contribution in [1.29, 1.82) is 0 Å². The van der Waals surface area contributed by atoms with Crippen LogP contribution in [0.5, 0.6) is 0 Å². The van der Waals surface area contributed by atoms with E-state index in [2.05, 4.69) is 0 Å². The number of hydrogen-bond acceptors (Lipinski definition) is 7. The molecule has 1 heterocycles. The second-order valence-corrected chi connectivity index (χ2v) is 9.75. The molecule has 3 aromatic rings. The molecule has 2 aliphatic carbocycles. The summed E-state index contributed by atoms with van der Waals surface area (Å²) in [6, 6.07) is 18.6. The van der Waals surface area contributed by atoms with Crippen LogP contribution in [0.15, 0.2) is 83.1 Å². The van der Waals surface area contributed by atoms with Gasteiger partial charge in [0.2, 0.25) is 0 Å². The van der Waals surface area contributed by atoms with E-state index in [4.69, 9.17) is 9.47 Å². The quantitative estimate of drug-likeness (QED) is 0.474. The Bertz CT molecular complexity index is 1640. The van der Waals surface area contributed by atoms with Crippen molar-refractivity contribution < 1.29 is 28.7 Å². The van der Waals surface area contributed by atoms with Gasteiger partial charge in [-0.3, -0.25) is 9.59 Å². The molecule has 1 atom stereocenters. The minimum atomic E-state index is -1.77. The molecule has 0 bridgehead atoms. The predicted octanol–water partition coefficient (Wildman–Crippen LogP) is 4.71. The van der Waals surface area contributed by atoms with Crippen LogP contribution < -0.4 is 4.90 Å². The molecule has 0 fully saturated rings. The Kier molecular flexibility index (Phi) is 5.35. The van der Waals surface area contributed by atoms with Crippen molar-refractivity contribution in [1.82, 2.24) is 0 Å². The number of Topliss-reactive ketones (excluding diaryl/α,β-unsaturated/α-hetero) is 2. The first-order valence-corrected chi connectivity index (χ1v) is 12.5. The number of rotatable bonds is 3. The van der Waals surface area contributed by atoms with Crippen LogP contribution in [0.4, 0.5) is 5.69 Å². The van der Waals surface area contributed by atoms with E-state index < -0.39 is 17.5 Å². The molecule has 1 unspecified atom stereocenters. The van der Waals surface area contributed by atoms with Gasteiger partial charge in [0.1, 0.15) is 0 Å². The Balaban J connectivity index is 1.85. The summed E-state index contributed by atoms with van der Waals surface area (Å²) >= 11 is 0. The van der Waals surface area contributed by atoms with E-state index in [1.165, 1.54) is 14.2 Å². The van der Waals surface area contributed by atoms with E-state index in [0.29, 0.717) is 40.7 Å². The number of esters is 2. The van der Waals surface area contributed by atoms with E-state index in [1.54, 1.807) is 17.0 Å². The summed E-state index contributed by atoms with van der Waals surface area (Å²) in [4.78, 5) is 57.3. The normalized spacial score (nSPS) is 20.3. The summed E-state index contributed by atoms with van der Waals surface area (Å²) in [5.74, 6) is -2.37. The Labute approximate surface area is 219 Å². The minimum absolute atomic E-state index is 0.116. The fourth-order valence-corrected chi connectivity index (χ4v) is 6.28. The largest absolute Gasteiger partial charge is 0.466 e. The molecule has 190 valence electrons. The second kappa shape index (κ2) is 8.52. The van der Waals surface area contributed by atoms with Crippen LogP contribution in [-0.4, -0.2) is 37.7 Å². The van der Waals surface area contributed by atoms with Gasteiger partial charge in [-0.2, -0.15) is 0 Å². The number of ether oxygens (including phenoxy) is 2. The first-order chi connectivity index (χ1) is 18.4. The molecule has 1 aliphatic heterocycles. The lowest BCUT2D eigenvalue weighted by molar-refractivity contribution is -0.140. The summed E-state index contributed by atoms with van der Waals surface area (Å²) in [7, 11) is 2.40. The molecule has 0 saturated heterocycles. The number of anilines is 1. The van der Waals surface area contributed by atoms with Crippen molar-refractivity contribution in [2.45, 2.75) is 31.7 Å². The first-order valence-electron chi connectivity index (χ1n) is 12.5. The monoisotopic (exact) mass is 507 g/mol. The molecule has 1 spiro atoms. The van der Waals surface area contributed by atoms with Crippen LogP contribution in [-0.2, 0) is 29.4 Å². The molecule has 38 heavy (non-hydrogen) atoms. The van der Waals surface area contributed by atoms with E-state index in [9.17, 15) is 19.2 Å². The van der Waals surface area contributed by atoms with Gasteiger partial charge >= 0.3 is 11.9 Å². The van der Waals surface area contributed by atoms with Crippen molar-refractivity contribution in [2.75, 3.05) is 19.1 Å². The highest BCUT2D eigenvalue weighted by Gasteiger charge is 2.62. The third-order valence-corrected chi connectivity index (χ3v) is 7.79. The maximum absolute atomic E-state index is 14.8. The van der Waals surface area contributed by atoms with Gasteiger partial charge in [-0.1, -0.05) is 54.1 Å². The summed E-state index contributed by atoms with van der Waals surface area (Å²) < 4.78 is 10.4. The molecule has 0 aromatic heterocycles. The number of ketones is 2. The third kappa shape index (κ3) is 2.96. The summed E-state index contributed by atoms with van der Waals surface area (Å²) in [6.07, 6.45) is 1.20. The average molecular weight is 508 g/mol.